The summed E-state index contributed by atoms with van der Waals surface area (Å²) < 4.78 is 0.501. The second-order valence-corrected chi connectivity index (χ2v) is 4.78. The Bertz CT molecular complexity index is 440. The highest BCUT2D eigenvalue weighted by atomic mass is 79.9. The Morgan fingerprint density at radius 1 is 1.38 bits per heavy atom. The van der Waals surface area contributed by atoms with E-state index in [2.05, 4.69) is 15.9 Å². The fourth-order valence-corrected chi connectivity index (χ4v) is 2.07. The number of carbonyl (C=O) groups excluding carboxylic acids is 1. The molecule has 0 saturated heterocycles. The van der Waals surface area contributed by atoms with Crippen molar-refractivity contribution in [3.05, 3.63) is 46.5 Å². The molecule has 1 aliphatic heterocycles. The van der Waals surface area contributed by atoms with E-state index in [1.54, 1.807) is 6.92 Å². The minimum Gasteiger partial charge on any atom is -0.366 e. The molecule has 0 unspecified atom stereocenters. The lowest BCUT2D eigenvalue weighted by Crippen LogP contribution is -2.44. The maximum atomic E-state index is 11.7. The monoisotopic (exact) mass is 281 g/mol. The average Bonchev–Trinajstić information content (AvgIpc) is 2.43. The topological polar surface area (TPSA) is 40.5 Å². The highest BCUT2D eigenvalue weighted by molar-refractivity contribution is 9.11. The van der Waals surface area contributed by atoms with Gasteiger partial charge >= 0.3 is 0 Å². The number of hydrogen-bond donors (Lipinski definition) is 1. The van der Waals surface area contributed by atoms with Crippen molar-refractivity contribution in [1.29, 1.82) is 0 Å². The lowest BCUT2D eigenvalue weighted by Gasteiger charge is -2.31. The molecule has 1 aliphatic rings. The van der Waals surface area contributed by atoms with Crippen molar-refractivity contribution < 1.29 is 9.90 Å². The first-order chi connectivity index (χ1) is 7.51. The Kier molecular flexibility index (Phi) is 2.86. The zero-order chi connectivity index (χ0) is 11.8. The van der Waals surface area contributed by atoms with E-state index in [0.29, 0.717) is 11.0 Å². The second kappa shape index (κ2) is 4.03. The zero-order valence-corrected chi connectivity index (χ0v) is 10.4. The van der Waals surface area contributed by atoms with E-state index < -0.39 is 5.72 Å². The minimum atomic E-state index is -1.24. The van der Waals surface area contributed by atoms with Crippen molar-refractivity contribution >= 4 is 21.8 Å². The molecule has 1 heterocycles. The Morgan fingerprint density at radius 3 is 2.50 bits per heavy atom. The van der Waals surface area contributed by atoms with Gasteiger partial charge < -0.3 is 10.0 Å². The Morgan fingerprint density at radius 2 is 2.00 bits per heavy atom. The lowest BCUT2D eigenvalue weighted by molar-refractivity contribution is -0.140. The number of hydrogen-bond acceptors (Lipinski definition) is 2. The number of nitrogens with zero attached hydrogens (tertiary/aromatic N) is 1. The van der Waals surface area contributed by atoms with Gasteiger partial charge in [0.25, 0.3) is 0 Å². The van der Waals surface area contributed by atoms with Crippen LogP contribution in [0.1, 0.15) is 12.5 Å². The van der Waals surface area contributed by atoms with Crippen molar-refractivity contribution in [2.24, 2.45) is 0 Å². The summed E-state index contributed by atoms with van der Waals surface area (Å²) in [5.74, 6) is -0.180. The first-order valence-electron chi connectivity index (χ1n) is 4.97. The quantitative estimate of drug-likeness (QED) is 0.901. The number of aliphatic hydroxyl groups is 1. The fourth-order valence-electron chi connectivity index (χ4n) is 1.66. The molecule has 1 N–H and O–H groups in total. The summed E-state index contributed by atoms with van der Waals surface area (Å²) in [6, 6.07) is 9.59. The van der Waals surface area contributed by atoms with Crippen molar-refractivity contribution in [3.8, 4) is 0 Å². The zero-order valence-electron chi connectivity index (χ0n) is 8.85. The molecule has 4 heteroatoms. The predicted octanol–water partition coefficient (Wildman–Crippen LogP) is 2.02. The van der Waals surface area contributed by atoms with Gasteiger partial charge in [-0.05, 0) is 12.5 Å². The lowest BCUT2D eigenvalue weighted by atomic mass is 10.2. The third-order valence-corrected chi connectivity index (χ3v) is 3.66. The molecule has 0 aromatic heterocycles. The molecule has 0 bridgehead atoms. The van der Waals surface area contributed by atoms with Crippen molar-refractivity contribution in [2.75, 3.05) is 0 Å². The summed E-state index contributed by atoms with van der Waals surface area (Å²) in [4.78, 5) is 13.1. The van der Waals surface area contributed by atoms with E-state index in [0.717, 1.165) is 5.56 Å². The van der Waals surface area contributed by atoms with Crippen LogP contribution in [0.5, 0.6) is 0 Å². The maximum Gasteiger partial charge on any atom is 0.250 e. The molecule has 1 aromatic carbocycles. The molecule has 3 nitrogen and oxygen atoms in total. The first kappa shape index (κ1) is 11.4. The SMILES string of the molecule is C[C@]1(O)C(Br)=CC(=O)N1Cc1ccccc1. The Labute approximate surface area is 103 Å². The van der Waals surface area contributed by atoms with E-state index in [4.69, 9.17) is 0 Å². The van der Waals surface area contributed by atoms with E-state index in [-0.39, 0.29) is 5.91 Å². The van der Waals surface area contributed by atoms with E-state index in [9.17, 15) is 9.90 Å². The van der Waals surface area contributed by atoms with Crippen LogP contribution in [0.25, 0.3) is 0 Å². The van der Waals surface area contributed by atoms with Gasteiger partial charge in [0.1, 0.15) is 0 Å². The molecule has 84 valence electrons. The summed E-state index contributed by atoms with van der Waals surface area (Å²) in [7, 11) is 0. The summed E-state index contributed by atoms with van der Waals surface area (Å²) in [5, 5.41) is 10.1. The highest BCUT2D eigenvalue weighted by Crippen LogP contribution is 2.33. The average molecular weight is 282 g/mol. The van der Waals surface area contributed by atoms with Crippen LogP contribution in [0.4, 0.5) is 0 Å². The summed E-state index contributed by atoms with van der Waals surface area (Å²) in [6.07, 6.45) is 1.41. The first-order valence-corrected chi connectivity index (χ1v) is 5.76. The van der Waals surface area contributed by atoms with Crippen LogP contribution >= 0.6 is 15.9 Å². The maximum absolute atomic E-state index is 11.7. The predicted molar refractivity (Wildman–Crippen MR) is 64.6 cm³/mol. The van der Waals surface area contributed by atoms with Gasteiger partial charge in [-0.3, -0.25) is 4.79 Å². The van der Waals surface area contributed by atoms with Crippen LogP contribution in [0, 0.1) is 0 Å². The molecule has 0 aliphatic carbocycles. The van der Waals surface area contributed by atoms with Gasteiger partial charge in [-0.15, -0.1) is 0 Å². The number of benzene rings is 1. The number of amides is 1. The van der Waals surface area contributed by atoms with Gasteiger partial charge in [0.05, 0.1) is 4.48 Å². The third kappa shape index (κ3) is 1.90. The summed E-state index contributed by atoms with van der Waals surface area (Å²) in [5.41, 5.74) is -0.251. The van der Waals surface area contributed by atoms with Crippen LogP contribution in [0.3, 0.4) is 0 Å². The smallest absolute Gasteiger partial charge is 0.250 e. The molecule has 16 heavy (non-hydrogen) atoms. The van der Waals surface area contributed by atoms with Crippen LogP contribution < -0.4 is 0 Å². The number of halogens is 1. The normalized spacial score (nSPS) is 24.8. The number of carbonyl (C=O) groups is 1. The van der Waals surface area contributed by atoms with Gasteiger partial charge in [-0.2, -0.15) is 0 Å². The molecule has 1 atom stereocenters. The fraction of sp³-hybridized carbons (Fsp3) is 0.250. The molecule has 1 amide bonds. The van der Waals surface area contributed by atoms with Crippen LogP contribution in [0.2, 0.25) is 0 Å². The highest BCUT2D eigenvalue weighted by Gasteiger charge is 2.40. The van der Waals surface area contributed by atoms with Gasteiger partial charge in [0, 0.05) is 12.6 Å². The largest absolute Gasteiger partial charge is 0.366 e. The third-order valence-electron chi connectivity index (χ3n) is 2.68. The van der Waals surface area contributed by atoms with Gasteiger partial charge in [0.2, 0.25) is 5.91 Å². The molecule has 0 saturated carbocycles. The molecular formula is C12H12BrNO2. The molecule has 0 fully saturated rings. The Hall–Kier alpha value is -1.13. The summed E-state index contributed by atoms with van der Waals surface area (Å²) >= 11 is 3.20. The molecular weight excluding hydrogens is 270 g/mol. The molecule has 1 aromatic rings. The standard InChI is InChI=1S/C12H12BrNO2/c1-12(16)10(13)7-11(15)14(12)8-9-5-3-2-4-6-9/h2-7,16H,8H2,1H3/t12-/m0/s1. The molecule has 2 rings (SSSR count). The van der Waals surface area contributed by atoms with Gasteiger partial charge in [-0.1, -0.05) is 46.3 Å². The van der Waals surface area contributed by atoms with Crippen molar-refractivity contribution in [3.63, 3.8) is 0 Å². The van der Waals surface area contributed by atoms with Crippen LogP contribution in [0.15, 0.2) is 40.9 Å². The van der Waals surface area contributed by atoms with E-state index in [1.807, 2.05) is 30.3 Å². The molecule has 0 spiro atoms. The van der Waals surface area contributed by atoms with Crippen molar-refractivity contribution in [1.82, 2.24) is 4.90 Å². The van der Waals surface area contributed by atoms with E-state index in [1.165, 1.54) is 11.0 Å². The van der Waals surface area contributed by atoms with E-state index >= 15 is 0 Å². The van der Waals surface area contributed by atoms with Crippen molar-refractivity contribution in [2.45, 2.75) is 19.2 Å². The second-order valence-electron chi connectivity index (χ2n) is 3.92. The molecule has 0 radical (unpaired) electrons. The van der Waals surface area contributed by atoms with Gasteiger partial charge in [-0.25, -0.2) is 0 Å². The van der Waals surface area contributed by atoms with Crippen LogP contribution in [-0.2, 0) is 11.3 Å². The minimum absolute atomic E-state index is 0.180. The number of rotatable bonds is 2. The van der Waals surface area contributed by atoms with Gasteiger partial charge in [0.15, 0.2) is 5.72 Å². The Balaban J connectivity index is 2.21. The summed E-state index contributed by atoms with van der Waals surface area (Å²) in [6.45, 7) is 2.00. The van der Waals surface area contributed by atoms with Crippen LogP contribution in [-0.4, -0.2) is 21.6 Å².